The molecule has 0 fully saturated rings. The molecule has 0 amide bonds. The lowest BCUT2D eigenvalue weighted by molar-refractivity contribution is 0.613. The first-order valence-electron chi connectivity index (χ1n) is 3.11. The Morgan fingerprint density at radius 1 is 1.30 bits per heavy atom. The third-order valence-corrected chi connectivity index (χ3v) is 3.47. The van der Waals surface area contributed by atoms with E-state index in [1.165, 1.54) is 4.48 Å². The molecule has 0 saturated heterocycles. The van der Waals surface area contributed by atoms with E-state index in [1.54, 1.807) is 0 Å². The summed E-state index contributed by atoms with van der Waals surface area (Å²) in [5, 5.41) is 0. The smallest absolute Gasteiger partial charge is 0.0433 e. The maximum absolute atomic E-state index is 5.83. The Kier molecular flexibility index (Phi) is 2.72. The minimum Gasteiger partial charge on any atom is -0.323 e. The second kappa shape index (κ2) is 3.20. The molecular formula is C7H9Br2N. The van der Waals surface area contributed by atoms with Crippen molar-refractivity contribution in [3.05, 3.63) is 21.1 Å². The lowest BCUT2D eigenvalue weighted by Gasteiger charge is -2.22. The molecule has 1 rings (SSSR count). The summed E-state index contributed by atoms with van der Waals surface area (Å²) in [4.78, 5) is 0. The molecule has 0 aromatic rings. The zero-order valence-corrected chi connectivity index (χ0v) is 8.81. The molecule has 0 radical (unpaired) electrons. The Morgan fingerprint density at radius 3 is 2.30 bits per heavy atom. The molecule has 0 bridgehead atoms. The maximum atomic E-state index is 5.83. The highest BCUT2D eigenvalue weighted by molar-refractivity contribution is 9.12. The van der Waals surface area contributed by atoms with Crippen molar-refractivity contribution in [3.8, 4) is 0 Å². The summed E-state index contributed by atoms with van der Waals surface area (Å²) in [7, 11) is 0. The normalized spacial score (nSPS) is 33.2. The van der Waals surface area contributed by atoms with E-state index in [1.807, 2.05) is 12.2 Å². The van der Waals surface area contributed by atoms with E-state index in [0.29, 0.717) is 5.92 Å². The van der Waals surface area contributed by atoms with Gasteiger partial charge in [-0.15, -0.1) is 0 Å². The van der Waals surface area contributed by atoms with Gasteiger partial charge in [0.15, 0.2) is 0 Å². The number of rotatable bonds is 0. The molecule has 0 aliphatic heterocycles. The minimum atomic E-state index is 0.111. The Hall–Kier alpha value is 0.400. The first-order chi connectivity index (χ1) is 4.63. The first-order valence-corrected chi connectivity index (χ1v) is 4.70. The van der Waals surface area contributed by atoms with Gasteiger partial charge in [-0.2, -0.15) is 0 Å². The topological polar surface area (TPSA) is 26.0 Å². The second-order valence-corrected chi connectivity index (χ2v) is 4.25. The van der Waals surface area contributed by atoms with E-state index >= 15 is 0 Å². The summed E-state index contributed by atoms with van der Waals surface area (Å²) in [5.74, 6) is 0.388. The van der Waals surface area contributed by atoms with Gasteiger partial charge in [0, 0.05) is 16.4 Å². The molecule has 1 aliphatic rings. The Bertz CT molecular complexity index is 174. The van der Waals surface area contributed by atoms with Gasteiger partial charge in [0.25, 0.3) is 0 Å². The van der Waals surface area contributed by atoms with Crippen LogP contribution in [0.1, 0.15) is 6.92 Å². The lowest BCUT2D eigenvalue weighted by atomic mass is 9.98. The van der Waals surface area contributed by atoms with Crippen LogP contribution in [0.5, 0.6) is 0 Å². The third kappa shape index (κ3) is 1.52. The van der Waals surface area contributed by atoms with Crippen LogP contribution in [0.25, 0.3) is 0 Å². The quantitative estimate of drug-likeness (QED) is 0.717. The summed E-state index contributed by atoms with van der Waals surface area (Å²) in [6, 6.07) is 0.111. The van der Waals surface area contributed by atoms with Crippen LogP contribution in [-0.4, -0.2) is 6.04 Å². The molecular weight excluding hydrogens is 258 g/mol. The fourth-order valence-electron chi connectivity index (χ4n) is 0.832. The Morgan fingerprint density at radius 2 is 1.80 bits per heavy atom. The molecule has 2 N–H and O–H groups in total. The van der Waals surface area contributed by atoms with Crippen LogP contribution in [-0.2, 0) is 0 Å². The standard InChI is InChI=1S/C7H9Br2N/c1-4-5(8)2-3-6(9)7(4)10/h2-4,7H,10H2,1H3. The maximum Gasteiger partial charge on any atom is 0.0433 e. The summed E-state index contributed by atoms with van der Waals surface area (Å²) in [6.07, 6.45) is 4.01. The molecule has 1 aliphatic carbocycles. The average molecular weight is 267 g/mol. The van der Waals surface area contributed by atoms with Gasteiger partial charge < -0.3 is 5.73 Å². The van der Waals surface area contributed by atoms with Crippen molar-refractivity contribution < 1.29 is 0 Å². The first kappa shape index (κ1) is 8.50. The molecule has 2 unspecified atom stereocenters. The highest BCUT2D eigenvalue weighted by atomic mass is 79.9. The monoisotopic (exact) mass is 265 g/mol. The number of allylic oxidation sites excluding steroid dienone is 2. The van der Waals surface area contributed by atoms with Gasteiger partial charge in [-0.1, -0.05) is 44.9 Å². The summed E-state index contributed by atoms with van der Waals surface area (Å²) < 4.78 is 2.24. The van der Waals surface area contributed by atoms with Gasteiger partial charge in [0.05, 0.1) is 0 Å². The van der Waals surface area contributed by atoms with E-state index in [2.05, 4.69) is 38.8 Å². The molecule has 0 aromatic heterocycles. The molecule has 0 saturated carbocycles. The van der Waals surface area contributed by atoms with Crippen LogP contribution < -0.4 is 5.73 Å². The highest BCUT2D eigenvalue weighted by Gasteiger charge is 2.20. The van der Waals surface area contributed by atoms with E-state index in [-0.39, 0.29) is 6.04 Å². The molecule has 56 valence electrons. The molecule has 0 aromatic carbocycles. The van der Waals surface area contributed by atoms with Crippen LogP contribution in [0, 0.1) is 5.92 Å². The molecule has 10 heavy (non-hydrogen) atoms. The molecule has 2 atom stereocenters. The number of hydrogen-bond donors (Lipinski definition) is 1. The second-order valence-electron chi connectivity index (χ2n) is 2.42. The van der Waals surface area contributed by atoms with Gasteiger partial charge in [-0.05, 0) is 10.6 Å². The third-order valence-electron chi connectivity index (χ3n) is 1.69. The summed E-state index contributed by atoms with van der Waals surface area (Å²) >= 11 is 6.83. The van der Waals surface area contributed by atoms with Crippen LogP contribution in [0.2, 0.25) is 0 Å². The van der Waals surface area contributed by atoms with Crippen LogP contribution in [0.4, 0.5) is 0 Å². The summed E-state index contributed by atoms with van der Waals surface area (Å²) in [5.41, 5.74) is 5.83. The average Bonchev–Trinajstić information content (AvgIpc) is 1.93. The van der Waals surface area contributed by atoms with Crippen LogP contribution in [0.15, 0.2) is 21.1 Å². The van der Waals surface area contributed by atoms with Crippen molar-refractivity contribution in [2.45, 2.75) is 13.0 Å². The molecule has 0 spiro atoms. The largest absolute Gasteiger partial charge is 0.323 e. The van der Waals surface area contributed by atoms with Crippen molar-refractivity contribution in [3.63, 3.8) is 0 Å². The van der Waals surface area contributed by atoms with Crippen molar-refractivity contribution in [1.29, 1.82) is 0 Å². The van der Waals surface area contributed by atoms with Gasteiger partial charge in [0.2, 0.25) is 0 Å². The van der Waals surface area contributed by atoms with Crippen molar-refractivity contribution in [1.82, 2.24) is 0 Å². The van der Waals surface area contributed by atoms with E-state index in [0.717, 1.165) is 4.48 Å². The van der Waals surface area contributed by atoms with Crippen molar-refractivity contribution >= 4 is 31.9 Å². The zero-order chi connectivity index (χ0) is 7.72. The Balaban J connectivity index is 2.86. The predicted octanol–water partition coefficient (Wildman–Crippen LogP) is 2.52. The molecule has 1 nitrogen and oxygen atoms in total. The van der Waals surface area contributed by atoms with Crippen LogP contribution in [0.3, 0.4) is 0 Å². The van der Waals surface area contributed by atoms with Gasteiger partial charge >= 0.3 is 0 Å². The van der Waals surface area contributed by atoms with Gasteiger partial charge in [-0.3, -0.25) is 0 Å². The number of nitrogens with two attached hydrogens (primary N) is 1. The Labute approximate surface area is 77.6 Å². The van der Waals surface area contributed by atoms with Crippen molar-refractivity contribution in [2.24, 2.45) is 11.7 Å². The van der Waals surface area contributed by atoms with E-state index < -0.39 is 0 Å². The van der Waals surface area contributed by atoms with E-state index in [4.69, 9.17) is 5.73 Å². The number of hydrogen-bond acceptors (Lipinski definition) is 1. The van der Waals surface area contributed by atoms with Crippen molar-refractivity contribution in [2.75, 3.05) is 0 Å². The van der Waals surface area contributed by atoms with E-state index in [9.17, 15) is 0 Å². The predicted molar refractivity (Wildman–Crippen MR) is 51.2 cm³/mol. The fourth-order valence-corrected chi connectivity index (χ4v) is 1.78. The molecule has 0 heterocycles. The SMILES string of the molecule is CC1C(Br)=CC=C(Br)C1N. The van der Waals surface area contributed by atoms with Crippen LogP contribution >= 0.6 is 31.9 Å². The number of halogens is 2. The van der Waals surface area contributed by atoms with Gasteiger partial charge in [0.1, 0.15) is 0 Å². The summed E-state index contributed by atoms with van der Waals surface area (Å²) in [6.45, 7) is 2.10. The fraction of sp³-hybridized carbons (Fsp3) is 0.429. The molecule has 3 heteroatoms. The zero-order valence-electron chi connectivity index (χ0n) is 5.64. The highest BCUT2D eigenvalue weighted by Crippen LogP contribution is 2.30. The lowest BCUT2D eigenvalue weighted by Crippen LogP contribution is -2.30. The van der Waals surface area contributed by atoms with Gasteiger partial charge in [-0.25, -0.2) is 0 Å². The minimum absolute atomic E-state index is 0.111.